The molecule has 0 radical (unpaired) electrons. The van der Waals surface area contributed by atoms with E-state index in [0.717, 1.165) is 0 Å². The van der Waals surface area contributed by atoms with Crippen LogP contribution in [0.2, 0.25) is 0 Å². The van der Waals surface area contributed by atoms with E-state index in [-0.39, 0.29) is 18.7 Å². The van der Waals surface area contributed by atoms with E-state index >= 15 is 0 Å². The van der Waals surface area contributed by atoms with Crippen LogP contribution in [0.5, 0.6) is 0 Å². The Morgan fingerprint density at radius 3 is 2.20 bits per heavy atom. The van der Waals surface area contributed by atoms with Crippen LogP contribution in [-0.2, 0) is 19.1 Å². The number of carbonyl (C=O) groups excluding carboxylic acids is 2. The molecule has 7 nitrogen and oxygen atoms in total. The van der Waals surface area contributed by atoms with Crippen LogP contribution in [0, 0.1) is 5.41 Å². The molecule has 7 heteroatoms. The molecular weight excluding hydrogens is 264 g/mol. The van der Waals surface area contributed by atoms with Crippen molar-refractivity contribution in [2.24, 2.45) is 11.3 Å². The maximum absolute atomic E-state index is 12.0. The zero-order valence-electron chi connectivity index (χ0n) is 12.6. The lowest BCUT2D eigenvalue weighted by Gasteiger charge is -2.39. The summed E-state index contributed by atoms with van der Waals surface area (Å²) in [5.41, 5.74) is -1.31. The summed E-state index contributed by atoms with van der Waals surface area (Å²) in [4.78, 5) is 30.1. The minimum absolute atomic E-state index is 0.0852. The number of rotatable bonds is 3. The third-order valence-electron chi connectivity index (χ3n) is 3.35. The largest absolute Gasteiger partial charge is 0.469 e. The Balaban J connectivity index is 2.65. The van der Waals surface area contributed by atoms with Gasteiger partial charge in [0.1, 0.15) is 5.60 Å². The summed E-state index contributed by atoms with van der Waals surface area (Å²) in [5.74, 6) is 4.75. The molecule has 0 aromatic heterocycles. The van der Waals surface area contributed by atoms with Gasteiger partial charge < -0.3 is 19.2 Å². The number of methoxy groups -OCH3 is 1. The average molecular weight is 288 g/mol. The van der Waals surface area contributed by atoms with Gasteiger partial charge in [0.05, 0.1) is 19.1 Å². The van der Waals surface area contributed by atoms with Crippen molar-refractivity contribution in [2.75, 3.05) is 26.8 Å². The first-order valence-corrected chi connectivity index (χ1v) is 6.62. The van der Waals surface area contributed by atoms with Crippen molar-refractivity contribution in [3.63, 3.8) is 0 Å². The molecule has 1 amide bonds. The maximum Gasteiger partial charge on any atom is 0.410 e. The minimum Gasteiger partial charge on any atom is -0.469 e. The van der Waals surface area contributed by atoms with Crippen LogP contribution >= 0.6 is 0 Å². The van der Waals surface area contributed by atoms with Crippen LogP contribution in [0.15, 0.2) is 0 Å². The molecule has 0 unspecified atom stereocenters. The molecule has 0 aliphatic carbocycles. The van der Waals surface area contributed by atoms with Crippen molar-refractivity contribution in [3.05, 3.63) is 0 Å². The number of likely N-dealkylation sites (tertiary alicyclic amines) is 1. The predicted octanol–water partition coefficient (Wildman–Crippen LogP) is 1.07. The van der Waals surface area contributed by atoms with Gasteiger partial charge in [0, 0.05) is 13.1 Å². The fourth-order valence-electron chi connectivity index (χ4n) is 2.23. The number of piperidine rings is 1. The van der Waals surface area contributed by atoms with Crippen molar-refractivity contribution in [2.45, 2.75) is 39.2 Å². The standard InChI is InChI=1S/C13H24N2O5/c1-12(2,3)20-11(17)15-7-5-13(6-8-15,9-19-14)10(16)18-4/h5-9,14H2,1-4H3. The number of hydrogen-bond donors (Lipinski definition) is 1. The molecular formula is C13H24N2O5. The first kappa shape index (κ1) is 16.7. The third kappa shape index (κ3) is 4.08. The summed E-state index contributed by atoms with van der Waals surface area (Å²) in [5, 5.41) is 0. The van der Waals surface area contributed by atoms with E-state index in [1.807, 2.05) is 20.8 Å². The molecule has 0 spiro atoms. The molecule has 1 aliphatic heterocycles. The van der Waals surface area contributed by atoms with Crippen LogP contribution < -0.4 is 5.90 Å². The normalized spacial score (nSPS) is 18.6. The summed E-state index contributed by atoms with van der Waals surface area (Å²) < 4.78 is 10.1. The van der Waals surface area contributed by atoms with Gasteiger partial charge in [0.25, 0.3) is 0 Å². The van der Waals surface area contributed by atoms with Crippen molar-refractivity contribution in [1.29, 1.82) is 0 Å². The van der Waals surface area contributed by atoms with Crippen molar-refractivity contribution >= 4 is 12.1 Å². The summed E-state index contributed by atoms with van der Waals surface area (Å²) in [6, 6.07) is 0. The summed E-state index contributed by atoms with van der Waals surface area (Å²) >= 11 is 0. The Morgan fingerprint density at radius 1 is 1.25 bits per heavy atom. The van der Waals surface area contributed by atoms with Crippen LogP contribution in [0.3, 0.4) is 0 Å². The fraction of sp³-hybridized carbons (Fsp3) is 0.846. The molecule has 0 bridgehead atoms. The van der Waals surface area contributed by atoms with Gasteiger partial charge in [0.15, 0.2) is 0 Å². The van der Waals surface area contributed by atoms with E-state index in [1.165, 1.54) is 7.11 Å². The average Bonchev–Trinajstić information content (AvgIpc) is 2.36. The lowest BCUT2D eigenvalue weighted by Crippen LogP contribution is -2.50. The molecule has 1 heterocycles. The van der Waals surface area contributed by atoms with Crippen molar-refractivity contribution < 1.29 is 23.9 Å². The Kier molecular flexibility index (Phi) is 5.35. The Hall–Kier alpha value is -1.34. The summed E-state index contributed by atoms with van der Waals surface area (Å²) in [6.45, 7) is 6.35. The molecule has 0 aromatic rings. The first-order chi connectivity index (χ1) is 9.24. The molecule has 1 aliphatic rings. The van der Waals surface area contributed by atoms with E-state index in [0.29, 0.717) is 25.9 Å². The number of ether oxygens (including phenoxy) is 2. The number of nitrogens with zero attached hydrogens (tertiary/aromatic N) is 1. The van der Waals surface area contributed by atoms with Crippen LogP contribution in [0.25, 0.3) is 0 Å². The molecule has 1 saturated heterocycles. The second-order valence-electron chi connectivity index (χ2n) is 6.05. The topological polar surface area (TPSA) is 91.1 Å². The van der Waals surface area contributed by atoms with E-state index < -0.39 is 11.0 Å². The Bertz CT molecular complexity index is 356. The molecule has 1 rings (SSSR count). The highest BCUT2D eigenvalue weighted by Crippen LogP contribution is 2.33. The number of amides is 1. The number of esters is 1. The van der Waals surface area contributed by atoms with E-state index in [2.05, 4.69) is 4.84 Å². The monoisotopic (exact) mass is 288 g/mol. The van der Waals surface area contributed by atoms with Gasteiger partial charge in [-0.05, 0) is 33.6 Å². The molecule has 116 valence electrons. The van der Waals surface area contributed by atoms with Gasteiger partial charge in [-0.3, -0.25) is 4.79 Å². The van der Waals surface area contributed by atoms with Crippen molar-refractivity contribution in [1.82, 2.24) is 4.90 Å². The maximum atomic E-state index is 12.0. The molecule has 0 saturated carbocycles. The lowest BCUT2D eigenvalue weighted by molar-refractivity contribution is -0.161. The second-order valence-corrected chi connectivity index (χ2v) is 6.05. The van der Waals surface area contributed by atoms with Gasteiger partial charge >= 0.3 is 12.1 Å². The zero-order valence-corrected chi connectivity index (χ0v) is 12.6. The second kappa shape index (κ2) is 6.41. The van der Waals surface area contributed by atoms with Gasteiger partial charge in [-0.2, -0.15) is 0 Å². The highest BCUT2D eigenvalue weighted by molar-refractivity contribution is 5.77. The van der Waals surface area contributed by atoms with Gasteiger partial charge in [0.2, 0.25) is 0 Å². The third-order valence-corrected chi connectivity index (χ3v) is 3.35. The van der Waals surface area contributed by atoms with Gasteiger partial charge in [-0.15, -0.1) is 0 Å². The highest BCUT2D eigenvalue weighted by Gasteiger charge is 2.44. The molecule has 1 fully saturated rings. The summed E-state index contributed by atoms with van der Waals surface area (Å²) in [7, 11) is 1.33. The quantitative estimate of drug-likeness (QED) is 0.617. The van der Waals surface area contributed by atoms with Gasteiger partial charge in [-0.1, -0.05) is 0 Å². The highest BCUT2D eigenvalue weighted by atomic mass is 16.6. The molecule has 0 aromatic carbocycles. The predicted molar refractivity (Wildman–Crippen MR) is 71.6 cm³/mol. The fourth-order valence-corrected chi connectivity index (χ4v) is 2.23. The van der Waals surface area contributed by atoms with Crippen LogP contribution in [0.1, 0.15) is 33.6 Å². The van der Waals surface area contributed by atoms with Crippen LogP contribution in [0.4, 0.5) is 4.79 Å². The SMILES string of the molecule is COC(=O)C1(CON)CCN(C(=O)OC(C)(C)C)CC1. The van der Waals surface area contributed by atoms with E-state index in [1.54, 1.807) is 4.90 Å². The zero-order chi connectivity index (χ0) is 15.4. The lowest BCUT2D eigenvalue weighted by atomic mass is 9.79. The number of hydrogen-bond acceptors (Lipinski definition) is 6. The van der Waals surface area contributed by atoms with Crippen LogP contribution in [-0.4, -0.2) is 49.4 Å². The van der Waals surface area contributed by atoms with Crippen molar-refractivity contribution in [3.8, 4) is 0 Å². The first-order valence-electron chi connectivity index (χ1n) is 6.62. The smallest absolute Gasteiger partial charge is 0.410 e. The van der Waals surface area contributed by atoms with E-state index in [4.69, 9.17) is 15.4 Å². The number of nitrogens with two attached hydrogens (primary N) is 1. The van der Waals surface area contributed by atoms with Gasteiger partial charge in [-0.25, -0.2) is 10.7 Å². The molecule has 20 heavy (non-hydrogen) atoms. The molecule has 2 N–H and O–H groups in total. The molecule has 0 atom stereocenters. The minimum atomic E-state index is -0.776. The Labute approximate surface area is 119 Å². The van der Waals surface area contributed by atoms with E-state index in [9.17, 15) is 9.59 Å². The Morgan fingerprint density at radius 2 is 1.80 bits per heavy atom. The number of carbonyl (C=O) groups is 2. The summed E-state index contributed by atoms with van der Waals surface area (Å²) in [6.07, 6.45) is 0.510.